The molecule has 0 heterocycles. The highest BCUT2D eigenvalue weighted by atomic mass is 16.5. The van der Waals surface area contributed by atoms with Crippen LogP contribution in [0, 0.1) is 0 Å². The van der Waals surface area contributed by atoms with Crippen LogP contribution in [0.5, 0.6) is 5.75 Å². The Kier molecular flexibility index (Phi) is 3.50. The van der Waals surface area contributed by atoms with Crippen molar-refractivity contribution in [3.05, 3.63) is 29.8 Å². The van der Waals surface area contributed by atoms with Crippen LogP contribution in [0.2, 0.25) is 0 Å². The smallest absolute Gasteiger partial charge is 0.136 e. The second-order valence-electron chi connectivity index (χ2n) is 2.92. The number of benzene rings is 1. The van der Waals surface area contributed by atoms with E-state index < -0.39 is 0 Å². The van der Waals surface area contributed by atoms with Gasteiger partial charge in [-0.1, -0.05) is 19.1 Å². The largest absolute Gasteiger partial charge is 0.497 e. The van der Waals surface area contributed by atoms with Crippen LogP contribution in [0.25, 0.3) is 0 Å². The van der Waals surface area contributed by atoms with E-state index in [4.69, 9.17) is 4.74 Å². The number of ether oxygens (including phenoxy) is 1. The summed E-state index contributed by atoms with van der Waals surface area (Å²) >= 11 is 0. The molecule has 0 spiro atoms. The lowest BCUT2D eigenvalue weighted by Crippen LogP contribution is -1.99. The molecule has 0 aromatic heterocycles. The van der Waals surface area contributed by atoms with Gasteiger partial charge in [-0.05, 0) is 17.7 Å². The zero-order valence-corrected chi connectivity index (χ0v) is 8.04. The van der Waals surface area contributed by atoms with E-state index in [1.165, 1.54) is 0 Å². The molecule has 1 aromatic carbocycles. The number of carbonyl (C=O) groups excluding carboxylic acids is 1. The molecule has 0 fully saturated rings. The van der Waals surface area contributed by atoms with Crippen molar-refractivity contribution in [2.75, 3.05) is 7.11 Å². The van der Waals surface area contributed by atoms with E-state index in [2.05, 4.69) is 0 Å². The maximum atomic E-state index is 11.1. The summed E-state index contributed by atoms with van der Waals surface area (Å²) in [7, 11) is 1.63. The number of hydrogen-bond acceptors (Lipinski definition) is 2. The third-order valence-electron chi connectivity index (χ3n) is 1.95. The third-order valence-corrected chi connectivity index (χ3v) is 1.95. The van der Waals surface area contributed by atoms with Crippen LogP contribution in [0.4, 0.5) is 0 Å². The maximum absolute atomic E-state index is 11.1. The first-order valence-corrected chi connectivity index (χ1v) is 4.41. The summed E-state index contributed by atoms with van der Waals surface area (Å²) in [6, 6.07) is 7.59. The lowest BCUT2D eigenvalue weighted by Gasteiger charge is -2.01. The molecule has 1 aromatic rings. The van der Waals surface area contributed by atoms with Gasteiger partial charge in [-0.3, -0.25) is 4.79 Å². The number of hydrogen-bond donors (Lipinski definition) is 0. The van der Waals surface area contributed by atoms with Gasteiger partial charge in [-0.25, -0.2) is 0 Å². The van der Waals surface area contributed by atoms with Crippen molar-refractivity contribution in [1.82, 2.24) is 0 Å². The van der Waals surface area contributed by atoms with Crippen molar-refractivity contribution in [3.63, 3.8) is 0 Å². The van der Waals surface area contributed by atoms with Crippen molar-refractivity contribution in [2.24, 2.45) is 0 Å². The molecule has 0 N–H and O–H groups in total. The second kappa shape index (κ2) is 4.65. The first-order chi connectivity index (χ1) is 6.26. The molecule has 2 nitrogen and oxygen atoms in total. The molecule has 0 saturated heterocycles. The minimum absolute atomic E-state index is 0.269. The van der Waals surface area contributed by atoms with Gasteiger partial charge in [-0.15, -0.1) is 0 Å². The van der Waals surface area contributed by atoms with Crippen LogP contribution in [-0.4, -0.2) is 12.9 Å². The summed E-state index contributed by atoms with van der Waals surface area (Å²) in [6.07, 6.45) is 1.13. The Hall–Kier alpha value is -1.31. The summed E-state index contributed by atoms with van der Waals surface area (Å²) in [5.74, 6) is 1.10. The fraction of sp³-hybridized carbons (Fsp3) is 0.364. The van der Waals surface area contributed by atoms with Crippen LogP contribution in [0.3, 0.4) is 0 Å². The van der Waals surface area contributed by atoms with E-state index in [0.717, 1.165) is 11.3 Å². The van der Waals surface area contributed by atoms with Gasteiger partial charge in [0.15, 0.2) is 0 Å². The molecule has 0 unspecified atom stereocenters. The zero-order chi connectivity index (χ0) is 9.68. The molecule has 2 heteroatoms. The topological polar surface area (TPSA) is 26.3 Å². The minimum Gasteiger partial charge on any atom is -0.497 e. The Balaban J connectivity index is 2.64. The Morgan fingerprint density at radius 2 is 1.92 bits per heavy atom. The summed E-state index contributed by atoms with van der Waals surface area (Å²) in [5.41, 5.74) is 1.05. The van der Waals surface area contributed by atoms with E-state index in [1.807, 2.05) is 31.2 Å². The molecule has 0 aliphatic carbocycles. The van der Waals surface area contributed by atoms with Crippen molar-refractivity contribution < 1.29 is 9.53 Å². The van der Waals surface area contributed by atoms with Gasteiger partial charge in [0.05, 0.1) is 7.11 Å². The Bertz CT molecular complexity index is 275. The quantitative estimate of drug-likeness (QED) is 0.706. The first-order valence-electron chi connectivity index (χ1n) is 4.41. The monoisotopic (exact) mass is 178 g/mol. The minimum atomic E-state index is 0.269. The van der Waals surface area contributed by atoms with Crippen LogP contribution >= 0.6 is 0 Å². The standard InChI is InChI=1S/C11H14O2/c1-3-10(12)8-9-4-6-11(13-2)7-5-9/h4-7H,3,8H2,1-2H3. The SMILES string of the molecule is CCC(=O)Cc1ccc(OC)cc1. The van der Waals surface area contributed by atoms with E-state index in [9.17, 15) is 4.79 Å². The Labute approximate surface area is 78.5 Å². The molecule has 0 radical (unpaired) electrons. The third kappa shape index (κ3) is 2.90. The highest BCUT2D eigenvalue weighted by Crippen LogP contribution is 2.11. The first kappa shape index (κ1) is 9.78. The average molecular weight is 178 g/mol. The lowest BCUT2D eigenvalue weighted by atomic mass is 10.1. The van der Waals surface area contributed by atoms with Gasteiger partial charge in [0.25, 0.3) is 0 Å². The van der Waals surface area contributed by atoms with Crippen LogP contribution in [0.15, 0.2) is 24.3 Å². The van der Waals surface area contributed by atoms with Gasteiger partial charge < -0.3 is 4.74 Å². The highest BCUT2D eigenvalue weighted by molar-refractivity contribution is 5.80. The fourth-order valence-electron chi connectivity index (χ4n) is 1.10. The molecule has 0 atom stereocenters. The van der Waals surface area contributed by atoms with Crippen LogP contribution < -0.4 is 4.74 Å². The van der Waals surface area contributed by atoms with Gasteiger partial charge in [-0.2, -0.15) is 0 Å². The zero-order valence-electron chi connectivity index (χ0n) is 8.04. The second-order valence-corrected chi connectivity index (χ2v) is 2.92. The Morgan fingerprint density at radius 1 is 1.31 bits per heavy atom. The van der Waals surface area contributed by atoms with Gasteiger partial charge in [0, 0.05) is 12.8 Å². The molecular formula is C11H14O2. The molecule has 13 heavy (non-hydrogen) atoms. The fourth-order valence-corrected chi connectivity index (χ4v) is 1.10. The maximum Gasteiger partial charge on any atom is 0.136 e. The van der Waals surface area contributed by atoms with E-state index in [0.29, 0.717) is 12.8 Å². The molecule has 0 aliphatic heterocycles. The van der Waals surface area contributed by atoms with Gasteiger partial charge in [0.1, 0.15) is 11.5 Å². The number of methoxy groups -OCH3 is 1. The molecule has 0 saturated carbocycles. The molecule has 0 amide bonds. The summed E-state index contributed by atoms with van der Waals surface area (Å²) in [4.78, 5) is 11.1. The summed E-state index contributed by atoms with van der Waals surface area (Å²) < 4.78 is 5.02. The number of rotatable bonds is 4. The number of Topliss-reactive ketones (excluding diaryl/α,β-unsaturated/α-hetero) is 1. The lowest BCUT2D eigenvalue weighted by molar-refractivity contribution is -0.118. The van der Waals surface area contributed by atoms with Crippen LogP contribution in [-0.2, 0) is 11.2 Å². The van der Waals surface area contributed by atoms with Gasteiger partial charge in [0.2, 0.25) is 0 Å². The summed E-state index contributed by atoms with van der Waals surface area (Å²) in [5, 5.41) is 0. The molecule has 0 aliphatic rings. The van der Waals surface area contributed by atoms with Crippen molar-refractivity contribution in [3.8, 4) is 5.75 Å². The van der Waals surface area contributed by atoms with E-state index in [-0.39, 0.29) is 5.78 Å². The molecule has 0 bridgehead atoms. The molecule has 1 rings (SSSR count). The number of carbonyl (C=O) groups is 1. The van der Waals surface area contributed by atoms with Crippen molar-refractivity contribution >= 4 is 5.78 Å². The normalized spacial score (nSPS) is 9.69. The molecular weight excluding hydrogens is 164 g/mol. The predicted molar refractivity (Wildman–Crippen MR) is 52.0 cm³/mol. The van der Waals surface area contributed by atoms with E-state index in [1.54, 1.807) is 7.11 Å². The van der Waals surface area contributed by atoms with Crippen molar-refractivity contribution in [2.45, 2.75) is 19.8 Å². The highest BCUT2D eigenvalue weighted by Gasteiger charge is 2.00. The van der Waals surface area contributed by atoms with Crippen molar-refractivity contribution in [1.29, 1.82) is 0 Å². The predicted octanol–water partition coefficient (Wildman–Crippen LogP) is 2.22. The number of ketones is 1. The summed E-state index contributed by atoms with van der Waals surface area (Å²) in [6.45, 7) is 1.88. The Morgan fingerprint density at radius 3 is 2.38 bits per heavy atom. The molecule has 70 valence electrons. The average Bonchev–Trinajstić information content (AvgIpc) is 2.19. The van der Waals surface area contributed by atoms with Gasteiger partial charge >= 0.3 is 0 Å². The van der Waals surface area contributed by atoms with Crippen LogP contribution in [0.1, 0.15) is 18.9 Å². The van der Waals surface area contributed by atoms with E-state index >= 15 is 0 Å².